The second-order valence-corrected chi connectivity index (χ2v) is 6.48. The molecule has 4 nitrogen and oxygen atoms in total. The quantitative estimate of drug-likeness (QED) is 0.777. The largest absolute Gasteiger partial charge is 0.424 e. The van der Waals surface area contributed by atoms with Gasteiger partial charge in [0.15, 0.2) is 0 Å². The van der Waals surface area contributed by atoms with E-state index in [9.17, 15) is 0 Å². The van der Waals surface area contributed by atoms with E-state index in [4.69, 9.17) is 4.42 Å². The lowest BCUT2D eigenvalue weighted by molar-refractivity contribution is 0.218. The molecule has 0 amide bonds. The standard InChI is InChI=1S/C18H25N3O/c1-4-17-19-20-18(22-17)12-21(16-9-10-16)11-14-5-7-15(8-6-14)13(2)3/h5-8,13,16H,4,9-12H2,1-3H3. The number of aromatic nitrogens is 2. The summed E-state index contributed by atoms with van der Waals surface area (Å²) in [5, 5.41) is 8.22. The predicted octanol–water partition coefficient (Wildman–Crippen LogP) is 3.92. The summed E-state index contributed by atoms with van der Waals surface area (Å²) in [6, 6.07) is 9.65. The zero-order valence-electron chi connectivity index (χ0n) is 13.7. The molecule has 3 rings (SSSR count). The average molecular weight is 299 g/mol. The monoisotopic (exact) mass is 299 g/mol. The van der Waals surface area contributed by atoms with Gasteiger partial charge >= 0.3 is 0 Å². The van der Waals surface area contributed by atoms with E-state index in [-0.39, 0.29) is 0 Å². The van der Waals surface area contributed by atoms with Crippen molar-refractivity contribution in [3.05, 3.63) is 47.2 Å². The van der Waals surface area contributed by atoms with Crippen LogP contribution in [-0.4, -0.2) is 21.1 Å². The summed E-state index contributed by atoms with van der Waals surface area (Å²) in [7, 11) is 0. The maximum Gasteiger partial charge on any atom is 0.230 e. The fraction of sp³-hybridized carbons (Fsp3) is 0.556. The minimum Gasteiger partial charge on any atom is -0.424 e. The van der Waals surface area contributed by atoms with E-state index in [1.165, 1.54) is 24.0 Å². The van der Waals surface area contributed by atoms with E-state index in [1.807, 2.05) is 6.92 Å². The van der Waals surface area contributed by atoms with E-state index < -0.39 is 0 Å². The third kappa shape index (κ3) is 3.74. The van der Waals surface area contributed by atoms with Gasteiger partial charge in [0.2, 0.25) is 11.8 Å². The number of rotatable bonds is 7. The lowest BCUT2D eigenvalue weighted by atomic mass is 10.0. The van der Waals surface area contributed by atoms with Crippen molar-refractivity contribution in [3.8, 4) is 0 Å². The van der Waals surface area contributed by atoms with Gasteiger partial charge in [0.05, 0.1) is 6.54 Å². The van der Waals surface area contributed by atoms with Crippen LogP contribution >= 0.6 is 0 Å². The van der Waals surface area contributed by atoms with Gasteiger partial charge in [-0.25, -0.2) is 0 Å². The van der Waals surface area contributed by atoms with Gasteiger partial charge in [-0.2, -0.15) is 0 Å². The number of benzene rings is 1. The lowest BCUT2D eigenvalue weighted by Gasteiger charge is -2.20. The molecule has 1 aliphatic carbocycles. The second-order valence-electron chi connectivity index (χ2n) is 6.48. The predicted molar refractivity (Wildman–Crippen MR) is 86.5 cm³/mol. The van der Waals surface area contributed by atoms with Crippen molar-refractivity contribution in [1.82, 2.24) is 15.1 Å². The number of hydrogen-bond acceptors (Lipinski definition) is 4. The summed E-state index contributed by atoms with van der Waals surface area (Å²) < 4.78 is 5.67. The first-order chi connectivity index (χ1) is 10.7. The molecule has 0 saturated heterocycles. The minimum absolute atomic E-state index is 0.583. The lowest BCUT2D eigenvalue weighted by Crippen LogP contribution is -2.25. The molecule has 1 aromatic heterocycles. The molecule has 0 unspecified atom stereocenters. The normalized spacial score (nSPS) is 15.0. The van der Waals surface area contributed by atoms with E-state index in [0.29, 0.717) is 12.0 Å². The van der Waals surface area contributed by atoms with Gasteiger partial charge < -0.3 is 4.42 Å². The Morgan fingerprint density at radius 1 is 1.09 bits per heavy atom. The first-order valence-electron chi connectivity index (χ1n) is 8.30. The Morgan fingerprint density at radius 2 is 1.77 bits per heavy atom. The maximum atomic E-state index is 5.67. The molecular formula is C18H25N3O. The van der Waals surface area contributed by atoms with Crippen LogP contribution in [0.3, 0.4) is 0 Å². The highest BCUT2D eigenvalue weighted by Crippen LogP contribution is 2.30. The van der Waals surface area contributed by atoms with Crippen LogP contribution in [0.5, 0.6) is 0 Å². The highest BCUT2D eigenvalue weighted by molar-refractivity contribution is 5.24. The van der Waals surface area contributed by atoms with Gasteiger partial charge in [0.1, 0.15) is 0 Å². The fourth-order valence-electron chi connectivity index (χ4n) is 2.67. The van der Waals surface area contributed by atoms with Crippen molar-refractivity contribution >= 4 is 0 Å². The molecule has 1 saturated carbocycles. The van der Waals surface area contributed by atoms with Crippen molar-refractivity contribution in [2.45, 2.75) is 65.1 Å². The number of aryl methyl sites for hydroxylation is 1. The topological polar surface area (TPSA) is 42.2 Å². The maximum absolute atomic E-state index is 5.67. The van der Waals surface area contributed by atoms with Crippen molar-refractivity contribution in [3.63, 3.8) is 0 Å². The summed E-state index contributed by atoms with van der Waals surface area (Å²) >= 11 is 0. The van der Waals surface area contributed by atoms with Crippen LogP contribution in [0.15, 0.2) is 28.7 Å². The zero-order chi connectivity index (χ0) is 15.5. The first-order valence-corrected chi connectivity index (χ1v) is 8.30. The molecule has 1 fully saturated rings. The van der Waals surface area contributed by atoms with E-state index >= 15 is 0 Å². The molecule has 0 bridgehead atoms. The number of nitrogens with zero attached hydrogens (tertiary/aromatic N) is 3. The van der Waals surface area contributed by atoms with Crippen LogP contribution in [0.4, 0.5) is 0 Å². The van der Waals surface area contributed by atoms with E-state index in [1.54, 1.807) is 0 Å². The SMILES string of the molecule is CCc1nnc(CN(Cc2ccc(C(C)C)cc2)C2CC2)o1. The van der Waals surface area contributed by atoms with Crippen LogP contribution in [0, 0.1) is 0 Å². The minimum atomic E-state index is 0.583. The van der Waals surface area contributed by atoms with Gasteiger partial charge in [0, 0.05) is 19.0 Å². The van der Waals surface area contributed by atoms with Crippen LogP contribution < -0.4 is 0 Å². The van der Waals surface area contributed by atoms with Crippen LogP contribution in [0.2, 0.25) is 0 Å². The molecule has 0 aliphatic heterocycles. The Morgan fingerprint density at radius 3 is 2.32 bits per heavy atom. The van der Waals surface area contributed by atoms with Gasteiger partial charge in [-0.05, 0) is 29.9 Å². The van der Waals surface area contributed by atoms with Gasteiger partial charge in [0.25, 0.3) is 0 Å². The Bertz CT molecular complexity index is 599. The van der Waals surface area contributed by atoms with Crippen molar-refractivity contribution < 1.29 is 4.42 Å². The molecule has 4 heteroatoms. The molecule has 0 spiro atoms. The third-order valence-electron chi connectivity index (χ3n) is 4.24. The molecule has 0 atom stereocenters. The fourth-order valence-corrected chi connectivity index (χ4v) is 2.67. The Hall–Kier alpha value is -1.68. The van der Waals surface area contributed by atoms with Crippen LogP contribution in [0.1, 0.15) is 62.4 Å². The van der Waals surface area contributed by atoms with E-state index in [0.717, 1.165) is 31.3 Å². The van der Waals surface area contributed by atoms with Crippen molar-refractivity contribution in [2.75, 3.05) is 0 Å². The molecule has 22 heavy (non-hydrogen) atoms. The molecule has 0 N–H and O–H groups in total. The van der Waals surface area contributed by atoms with Crippen molar-refractivity contribution in [2.24, 2.45) is 0 Å². The summed E-state index contributed by atoms with van der Waals surface area (Å²) in [6.07, 6.45) is 3.35. The summed E-state index contributed by atoms with van der Waals surface area (Å²) in [6.45, 7) is 8.20. The molecule has 1 aromatic carbocycles. The summed E-state index contributed by atoms with van der Waals surface area (Å²) in [5.74, 6) is 2.05. The molecular weight excluding hydrogens is 274 g/mol. The van der Waals surface area contributed by atoms with Crippen LogP contribution in [-0.2, 0) is 19.5 Å². The highest BCUT2D eigenvalue weighted by Gasteiger charge is 2.30. The molecule has 0 radical (unpaired) electrons. The third-order valence-corrected chi connectivity index (χ3v) is 4.24. The van der Waals surface area contributed by atoms with Gasteiger partial charge in [-0.3, -0.25) is 4.90 Å². The van der Waals surface area contributed by atoms with Gasteiger partial charge in [-0.15, -0.1) is 10.2 Å². The zero-order valence-corrected chi connectivity index (χ0v) is 13.7. The number of hydrogen-bond donors (Lipinski definition) is 0. The van der Waals surface area contributed by atoms with Crippen LogP contribution in [0.25, 0.3) is 0 Å². The average Bonchev–Trinajstić information content (AvgIpc) is 3.27. The Balaban J connectivity index is 1.66. The van der Waals surface area contributed by atoms with Gasteiger partial charge in [-0.1, -0.05) is 45.0 Å². The van der Waals surface area contributed by atoms with Crippen molar-refractivity contribution in [1.29, 1.82) is 0 Å². The molecule has 118 valence electrons. The summed E-state index contributed by atoms with van der Waals surface area (Å²) in [4.78, 5) is 2.46. The molecule has 2 aromatic rings. The Kier molecular flexibility index (Phi) is 4.57. The molecule has 1 heterocycles. The Labute approximate surface area is 132 Å². The summed E-state index contributed by atoms with van der Waals surface area (Å²) in [5.41, 5.74) is 2.75. The van der Waals surface area contributed by atoms with E-state index in [2.05, 4.69) is 53.2 Å². The smallest absolute Gasteiger partial charge is 0.230 e. The first kappa shape index (κ1) is 15.2. The molecule has 1 aliphatic rings. The second kappa shape index (κ2) is 6.61. The highest BCUT2D eigenvalue weighted by atomic mass is 16.4.